The summed E-state index contributed by atoms with van der Waals surface area (Å²) in [5, 5.41) is 2.82. The summed E-state index contributed by atoms with van der Waals surface area (Å²) in [4.78, 5) is 50.7. The van der Waals surface area contributed by atoms with Crippen LogP contribution in [0, 0.1) is 11.3 Å². The van der Waals surface area contributed by atoms with Gasteiger partial charge < -0.3 is 24.3 Å². The van der Waals surface area contributed by atoms with E-state index in [4.69, 9.17) is 28.9 Å². The molecule has 5 rings (SSSR count). The van der Waals surface area contributed by atoms with Crippen molar-refractivity contribution >= 4 is 28.9 Å². The van der Waals surface area contributed by atoms with Crippen LogP contribution in [-0.2, 0) is 25.5 Å². The molecule has 42 heavy (non-hydrogen) atoms. The maximum absolute atomic E-state index is 13.6. The van der Waals surface area contributed by atoms with Crippen molar-refractivity contribution in [2.45, 2.75) is 90.0 Å². The number of methoxy groups -OCH3 is 2. The molecule has 1 saturated heterocycles. The fraction of sp³-hybridized carbons (Fsp3) is 0.645. The van der Waals surface area contributed by atoms with E-state index in [1.54, 1.807) is 12.0 Å². The number of rotatable bonds is 2. The number of carbonyl (C=O) groups is 3. The number of carbonyl (C=O) groups excluding carboxylic acids is 3. The van der Waals surface area contributed by atoms with Gasteiger partial charge in [0, 0.05) is 19.0 Å². The molecule has 1 N–H and O–H groups in total. The predicted octanol–water partition coefficient (Wildman–Crippen LogP) is 3.85. The number of hydrogen-bond acceptors (Lipinski definition) is 10. The zero-order valence-electron chi connectivity index (χ0n) is 25.2. The third-order valence-corrected chi connectivity index (χ3v) is 8.44. The summed E-state index contributed by atoms with van der Waals surface area (Å²) in [6, 6.07) is 4.10. The lowest BCUT2D eigenvalue weighted by Gasteiger charge is -2.32. The van der Waals surface area contributed by atoms with Gasteiger partial charge in [0.2, 0.25) is 5.88 Å². The number of nitrogens with zero attached hydrogens (tertiary/aromatic N) is 3. The summed E-state index contributed by atoms with van der Waals surface area (Å²) >= 11 is 0. The number of ketones is 1. The quantitative estimate of drug-likeness (QED) is 0.521. The average molecular weight is 583 g/mol. The Morgan fingerprint density at radius 1 is 1.05 bits per heavy atom. The standard InChI is InChI=1S/C31H42N4O7/c1-31(2,3)27-25(36)17-35-16-20(15-24(35)29(37)40-5)41-28-22(32-21-12-11-19(39-4)14-23(21)33-28)10-8-6-7-9-18-13-26(18)42-30(38)34-27/h11-12,14,18,20,24,26-27H,6-10,13,15-17H2,1-5H3,(H,34,38)/t18-,20-,24+,26-,27-/m1/s1. The Balaban J connectivity index is 1.45. The molecule has 1 amide bonds. The Bertz CT molecular complexity index is 1330. The van der Waals surface area contributed by atoms with E-state index < -0.39 is 35.7 Å². The number of ether oxygens (including phenoxy) is 4. The molecule has 3 heterocycles. The van der Waals surface area contributed by atoms with Gasteiger partial charge in [-0.15, -0.1) is 0 Å². The summed E-state index contributed by atoms with van der Waals surface area (Å²) in [5.41, 5.74) is 1.62. The lowest BCUT2D eigenvalue weighted by Crippen LogP contribution is -2.53. The summed E-state index contributed by atoms with van der Waals surface area (Å²) in [5.74, 6) is 0.805. The molecule has 6 atom stereocenters. The largest absolute Gasteiger partial charge is 0.497 e. The smallest absolute Gasteiger partial charge is 0.408 e. The van der Waals surface area contributed by atoms with Gasteiger partial charge >= 0.3 is 12.1 Å². The zero-order valence-corrected chi connectivity index (χ0v) is 25.2. The number of hydrogen-bond donors (Lipinski definition) is 1. The molecule has 2 bridgehead atoms. The summed E-state index contributed by atoms with van der Waals surface area (Å²) in [6.07, 6.45) is 4.67. The topological polar surface area (TPSA) is 129 Å². The van der Waals surface area contributed by atoms with Gasteiger partial charge in [-0.05, 0) is 49.1 Å². The third kappa shape index (κ3) is 6.94. The van der Waals surface area contributed by atoms with Gasteiger partial charge in [-0.2, -0.15) is 0 Å². The number of nitrogens with one attached hydrogen (secondary N) is 1. The first kappa shape index (κ1) is 30.0. The second-order valence-corrected chi connectivity index (χ2v) is 12.7. The van der Waals surface area contributed by atoms with Crippen LogP contribution >= 0.6 is 0 Å². The van der Waals surface area contributed by atoms with Crippen LogP contribution in [0.1, 0.15) is 65.0 Å². The molecule has 0 radical (unpaired) electrons. The molecule has 2 fully saturated rings. The summed E-state index contributed by atoms with van der Waals surface area (Å²) in [7, 11) is 2.94. The van der Waals surface area contributed by atoms with Crippen LogP contribution in [0.5, 0.6) is 11.6 Å². The van der Waals surface area contributed by atoms with Gasteiger partial charge in [-0.1, -0.05) is 33.6 Å². The molecule has 1 aliphatic carbocycles. The second kappa shape index (κ2) is 12.4. The van der Waals surface area contributed by atoms with Gasteiger partial charge in [0.25, 0.3) is 0 Å². The van der Waals surface area contributed by atoms with E-state index in [-0.39, 0.29) is 18.4 Å². The number of benzene rings is 1. The minimum absolute atomic E-state index is 0.0542. The minimum atomic E-state index is -0.796. The van der Waals surface area contributed by atoms with Gasteiger partial charge in [0.15, 0.2) is 5.78 Å². The highest BCUT2D eigenvalue weighted by atomic mass is 16.6. The number of Topliss-reactive ketones (excluding diaryl/α,β-unsaturated/α-hetero) is 1. The molecular weight excluding hydrogens is 540 g/mol. The molecule has 11 nitrogen and oxygen atoms in total. The monoisotopic (exact) mass is 582 g/mol. The number of amides is 1. The van der Waals surface area contributed by atoms with Crippen molar-refractivity contribution < 1.29 is 33.3 Å². The van der Waals surface area contributed by atoms with Gasteiger partial charge in [-0.3, -0.25) is 14.5 Å². The van der Waals surface area contributed by atoms with Crippen LogP contribution < -0.4 is 14.8 Å². The van der Waals surface area contributed by atoms with Crippen LogP contribution in [0.25, 0.3) is 11.0 Å². The zero-order chi connectivity index (χ0) is 30.0. The van der Waals surface area contributed by atoms with Gasteiger partial charge in [-0.25, -0.2) is 14.8 Å². The van der Waals surface area contributed by atoms with E-state index in [0.29, 0.717) is 42.5 Å². The first-order chi connectivity index (χ1) is 20.0. The molecule has 228 valence electrons. The SMILES string of the molecule is COC(=O)[C@@H]1C[C@@H]2CN1CC(=O)[C@H](C(C)(C)C)NC(=O)O[C@@H]1C[C@H]1CCCCCc1nc3ccc(OC)cc3nc1O2. The molecule has 1 aromatic heterocycles. The van der Waals surface area contributed by atoms with Crippen molar-refractivity contribution in [1.29, 1.82) is 0 Å². The highest BCUT2D eigenvalue weighted by Gasteiger charge is 2.44. The maximum atomic E-state index is 13.6. The molecular formula is C31H42N4O7. The Hall–Kier alpha value is -3.47. The molecule has 2 aromatic rings. The van der Waals surface area contributed by atoms with Crippen LogP contribution in [0.3, 0.4) is 0 Å². The fourth-order valence-corrected chi connectivity index (χ4v) is 6.00. The van der Waals surface area contributed by atoms with Crippen molar-refractivity contribution in [1.82, 2.24) is 20.2 Å². The Morgan fingerprint density at radius 2 is 1.86 bits per heavy atom. The van der Waals surface area contributed by atoms with E-state index in [1.807, 2.05) is 39.0 Å². The van der Waals surface area contributed by atoms with Crippen molar-refractivity contribution in [2.24, 2.45) is 11.3 Å². The van der Waals surface area contributed by atoms with Gasteiger partial charge in [0.1, 0.15) is 29.7 Å². The first-order valence-electron chi connectivity index (χ1n) is 14.9. The summed E-state index contributed by atoms with van der Waals surface area (Å²) in [6.45, 7) is 5.95. The average Bonchev–Trinajstić information content (AvgIpc) is 3.56. The highest BCUT2D eigenvalue weighted by molar-refractivity contribution is 5.90. The molecule has 2 aliphatic heterocycles. The van der Waals surface area contributed by atoms with E-state index in [0.717, 1.165) is 43.3 Å². The van der Waals surface area contributed by atoms with E-state index in [9.17, 15) is 14.4 Å². The predicted molar refractivity (Wildman–Crippen MR) is 154 cm³/mol. The third-order valence-electron chi connectivity index (χ3n) is 8.44. The fourth-order valence-electron chi connectivity index (χ4n) is 6.00. The molecule has 1 saturated carbocycles. The van der Waals surface area contributed by atoms with E-state index in [1.165, 1.54) is 7.11 Å². The minimum Gasteiger partial charge on any atom is -0.497 e. The van der Waals surface area contributed by atoms with E-state index >= 15 is 0 Å². The number of alkyl carbamates (subject to hydrolysis) is 1. The van der Waals surface area contributed by atoms with Crippen LogP contribution in [0.4, 0.5) is 4.79 Å². The molecule has 3 aliphatic rings. The van der Waals surface area contributed by atoms with Gasteiger partial charge in [0.05, 0.1) is 37.8 Å². The second-order valence-electron chi connectivity index (χ2n) is 12.7. The number of aromatic nitrogens is 2. The number of fused-ring (bicyclic) bond motifs is 5. The van der Waals surface area contributed by atoms with Crippen molar-refractivity contribution in [3.63, 3.8) is 0 Å². The van der Waals surface area contributed by atoms with Crippen molar-refractivity contribution in [3.8, 4) is 11.6 Å². The van der Waals surface area contributed by atoms with Crippen molar-refractivity contribution in [3.05, 3.63) is 23.9 Å². The van der Waals surface area contributed by atoms with Crippen LogP contribution in [0.2, 0.25) is 0 Å². The molecule has 1 unspecified atom stereocenters. The highest BCUT2D eigenvalue weighted by Crippen LogP contribution is 2.38. The molecule has 0 spiro atoms. The Labute approximate surface area is 246 Å². The normalized spacial score (nSPS) is 29.0. The van der Waals surface area contributed by atoms with Crippen molar-refractivity contribution in [2.75, 3.05) is 27.3 Å². The lowest BCUT2D eigenvalue weighted by molar-refractivity contribution is -0.146. The number of esters is 1. The van der Waals surface area contributed by atoms with E-state index in [2.05, 4.69) is 5.32 Å². The Morgan fingerprint density at radius 3 is 2.60 bits per heavy atom. The maximum Gasteiger partial charge on any atom is 0.408 e. The molecule has 1 aromatic carbocycles. The van der Waals surface area contributed by atoms with Crippen LogP contribution in [-0.4, -0.2) is 84.3 Å². The lowest BCUT2D eigenvalue weighted by atomic mass is 9.84. The Kier molecular flexibility index (Phi) is 8.86. The molecule has 11 heteroatoms. The van der Waals surface area contributed by atoms with Crippen LogP contribution in [0.15, 0.2) is 18.2 Å². The summed E-state index contributed by atoms with van der Waals surface area (Å²) < 4.78 is 22.6. The first-order valence-corrected chi connectivity index (χ1v) is 14.9. The number of aryl methyl sites for hydroxylation is 1.